The highest BCUT2D eigenvalue weighted by Crippen LogP contribution is 2.38. The third-order valence-corrected chi connectivity index (χ3v) is 8.47. The van der Waals surface area contributed by atoms with Gasteiger partial charge in [0.25, 0.3) is 0 Å². The summed E-state index contributed by atoms with van der Waals surface area (Å²) in [5, 5.41) is 22.5. The molecule has 0 aliphatic carbocycles. The zero-order valence-corrected chi connectivity index (χ0v) is 21.8. The maximum Gasteiger partial charge on any atom is 0.326 e. The number of aliphatic carboxylic acids is 1. The fraction of sp³-hybridized carbons (Fsp3) is 0.259. The van der Waals surface area contributed by atoms with Crippen LogP contribution in [0.5, 0.6) is 11.5 Å². The second-order valence-electron chi connectivity index (χ2n) is 8.67. The summed E-state index contributed by atoms with van der Waals surface area (Å²) in [4.78, 5) is 13.8. The summed E-state index contributed by atoms with van der Waals surface area (Å²) in [5.41, 5.74) is 2.29. The van der Waals surface area contributed by atoms with E-state index in [0.29, 0.717) is 23.5 Å². The van der Waals surface area contributed by atoms with Crippen LogP contribution in [0.1, 0.15) is 12.0 Å². The molecule has 1 aliphatic heterocycles. The van der Waals surface area contributed by atoms with Crippen molar-refractivity contribution in [3.63, 3.8) is 0 Å². The van der Waals surface area contributed by atoms with Gasteiger partial charge in [-0.2, -0.15) is 4.31 Å². The van der Waals surface area contributed by atoms with Gasteiger partial charge in [-0.05, 0) is 41.8 Å². The molecule has 1 saturated heterocycles. The Morgan fingerprint density at radius 3 is 2.18 bits per heavy atom. The van der Waals surface area contributed by atoms with E-state index in [-0.39, 0.29) is 17.9 Å². The Kier molecular flexibility index (Phi) is 8.18. The van der Waals surface area contributed by atoms with Crippen molar-refractivity contribution in [2.24, 2.45) is 5.16 Å². The van der Waals surface area contributed by atoms with Gasteiger partial charge in [0.05, 0.1) is 30.8 Å². The number of rotatable bonds is 11. The van der Waals surface area contributed by atoms with E-state index >= 15 is 0 Å². The number of sulfonamides is 1. The fourth-order valence-corrected chi connectivity index (χ4v) is 6.22. The van der Waals surface area contributed by atoms with Crippen LogP contribution in [0.15, 0.2) is 82.8 Å². The van der Waals surface area contributed by atoms with Crippen LogP contribution in [0.3, 0.4) is 0 Å². The normalized spacial score (nSPS) is 16.5. The summed E-state index contributed by atoms with van der Waals surface area (Å²) >= 11 is 0. The smallest absolute Gasteiger partial charge is 0.326 e. The Morgan fingerprint density at radius 2 is 1.68 bits per heavy atom. The van der Waals surface area contributed by atoms with Gasteiger partial charge in [0.15, 0.2) is 0 Å². The summed E-state index contributed by atoms with van der Waals surface area (Å²) < 4.78 is 38.6. The zero-order chi connectivity index (χ0) is 27.3. The Morgan fingerprint density at radius 1 is 1.05 bits per heavy atom. The predicted octanol–water partition coefficient (Wildman–Crippen LogP) is 3.51. The molecule has 10 nitrogen and oxygen atoms in total. The molecule has 0 saturated carbocycles. The monoisotopic (exact) mass is 539 g/mol. The SMILES string of the molecule is COc1cccc(OC)c1-c1ccc(C[C@@H](C(=O)O)N(C=NO)C2CCN2S(=O)(=O)c2ccccc2)cc1. The van der Waals surface area contributed by atoms with E-state index in [1.54, 1.807) is 44.6 Å². The van der Waals surface area contributed by atoms with Gasteiger partial charge in [-0.25, -0.2) is 13.2 Å². The summed E-state index contributed by atoms with van der Waals surface area (Å²) in [5.74, 6) is 0.0930. The minimum absolute atomic E-state index is 0.0421. The Labute approximate surface area is 221 Å². The van der Waals surface area contributed by atoms with Gasteiger partial charge in [-0.1, -0.05) is 53.7 Å². The summed E-state index contributed by atoms with van der Waals surface area (Å²) in [6.07, 6.45) is 0.591. The second-order valence-corrected chi connectivity index (χ2v) is 10.6. The molecular weight excluding hydrogens is 510 g/mol. The topological polar surface area (TPSA) is 129 Å². The Bertz CT molecular complexity index is 1370. The molecule has 1 fully saturated rings. The lowest BCUT2D eigenvalue weighted by Crippen LogP contribution is -2.63. The van der Waals surface area contributed by atoms with Crippen molar-refractivity contribution >= 4 is 22.3 Å². The number of carboxylic acids is 1. The van der Waals surface area contributed by atoms with Crippen molar-refractivity contribution in [2.75, 3.05) is 20.8 Å². The van der Waals surface area contributed by atoms with Gasteiger partial charge in [-0.3, -0.25) is 0 Å². The van der Waals surface area contributed by atoms with Crippen molar-refractivity contribution in [3.8, 4) is 22.6 Å². The van der Waals surface area contributed by atoms with E-state index in [4.69, 9.17) is 9.47 Å². The molecule has 2 N–H and O–H groups in total. The number of nitrogens with zero attached hydrogens (tertiary/aromatic N) is 3. The number of hydrogen-bond donors (Lipinski definition) is 2. The number of methoxy groups -OCH3 is 2. The molecule has 0 radical (unpaired) electrons. The highest BCUT2D eigenvalue weighted by Gasteiger charge is 2.44. The lowest BCUT2D eigenvalue weighted by Gasteiger charge is -2.47. The number of hydrogen-bond acceptors (Lipinski definition) is 7. The summed E-state index contributed by atoms with van der Waals surface area (Å²) in [6.45, 7) is 0.222. The van der Waals surface area contributed by atoms with Crippen LogP contribution in [0, 0.1) is 0 Å². The van der Waals surface area contributed by atoms with E-state index in [0.717, 1.165) is 17.5 Å². The standard InChI is InChI=1S/C27H29N3O7S/c1-36-23-9-6-10-24(37-2)26(23)20-13-11-19(12-14-20)17-22(27(31)32)29(18-28-33)25-15-16-30(25)38(34,35)21-7-4-3-5-8-21/h3-14,18,22,25,33H,15-17H2,1-2H3,(H,31,32)/t22-,25?/m0/s1. The Balaban J connectivity index is 1.60. The fourth-order valence-electron chi connectivity index (χ4n) is 4.57. The van der Waals surface area contributed by atoms with Gasteiger partial charge in [0, 0.05) is 13.0 Å². The molecule has 0 amide bonds. The first-order valence-electron chi connectivity index (χ1n) is 11.9. The van der Waals surface area contributed by atoms with Gasteiger partial charge in [-0.15, -0.1) is 0 Å². The molecule has 3 aromatic carbocycles. The molecule has 0 bridgehead atoms. The molecule has 4 rings (SSSR count). The first kappa shape index (κ1) is 27.0. The van der Waals surface area contributed by atoms with Crippen LogP contribution in [0.2, 0.25) is 0 Å². The average molecular weight is 540 g/mol. The van der Waals surface area contributed by atoms with Crippen LogP contribution >= 0.6 is 0 Å². The molecule has 0 spiro atoms. The van der Waals surface area contributed by atoms with E-state index in [9.17, 15) is 23.5 Å². The minimum atomic E-state index is -3.86. The second kappa shape index (κ2) is 11.5. The van der Waals surface area contributed by atoms with E-state index in [1.165, 1.54) is 21.3 Å². The molecule has 38 heavy (non-hydrogen) atoms. The maximum atomic E-state index is 13.2. The number of carboxylic acid groups (broad SMARTS) is 1. The molecule has 1 aliphatic rings. The first-order valence-corrected chi connectivity index (χ1v) is 13.3. The van der Waals surface area contributed by atoms with E-state index in [1.807, 2.05) is 30.3 Å². The molecule has 11 heteroatoms. The lowest BCUT2D eigenvalue weighted by molar-refractivity contribution is -0.144. The quantitative estimate of drug-likeness (QED) is 0.164. The van der Waals surface area contributed by atoms with Crippen LogP contribution in [0.4, 0.5) is 0 Å². The van der Waals surface area contributed by atoms with Crippen molar-refractivity contribution < 1.29 is 33.0 Å². The average Bonchev–Trinajstić information content (AvgIpc) is 2.91. The van der Waals surface area contributed by atoms with Crippen LogP contribution < -0.4 is 9.47 Å². The maximum absolute atomic E-state index is 13.2. The summed E-state index contributed by atoms with van der Waals surface area (Å²) in [7, 11) is -0.720. The molecular formula is C27H29N3O7S. The minimum Gasteiger partial charge on any atom is -0.496 e. The van der Waals surface area contributed by atoms with Gasteiger partial charge >= 0.3 is 5.97 Å². The van der Waals surface area contributed by atoms with E-state index < -0.39 is 28.2 Å². The van der Waals surface area contributed by atoms with Crippen molar-refractivity contribution in [2.45, 2.75) is 29.9 Å². The molecule has 2 atom stereocenters. The van der Waals surface area contributed by atoms with Gasteiger partial charge in [0.2, 0.25) is 10.0 Å². The lowest BCUT2D eigenvalue weighted by atomic mass is 9.98. The summed E-state index contributed by atoms with van der Waals surface area (Å²) in [6, 6.07) is 19.5. The van der Waals surface area contributed by atoms with Crippen molar-refractivity contribution in [1.82, 2.24) is 9.21 Å². The highest BCUT2D eigenvalue weighted by atomic mass is 32.2. The van der Waals surface area contributed by atoms with Crippen LogP contribution in [0.25, 0.3) is 11.1 Å². The van der Waals surface area contributed by atoms with Crippen molar-refractivity contribution in [1.29, 1.82) is 0 Å². The van der Waals surface area contributed by atoms with Crippen molar-refractivity contribution in [3.05, 3.63) is 78.4 Å². The number of oxime groups is 1. The first-order chi connectivity index (χ1) is 18.3. The van der Waals surface area contributed by atoms with E-state index in [2.05, 4.69) is 5.16 Å². The third kappa shape index (κ3) is 5.29. The highest BCUT2D eigenvalue weighted by molar-refractivity contribution is 7.89. The molecule has 3 aromatic rings. The van der Waals surface area contributed by atoms with Gasteiger partial charge < -0.3 is 24.7 Å². The number of benzene rings is 3. The molecule has 200 valence electrons. The zero-order valence-electron chi connectivity index (χ0n) is 21.0. The van der Waals surface area contributed by atoms with Gasteiger partial charge in [0.1, 0.15) is 23.9 Å². The number of ether oxygens (including phenoxy) is 2. The largest absolute Gasteiger partial charge is 0.496 e. The third-order valence-electron chi connectivity index (χ3n) is 6.56. The number of carbonyl (C=O) groups is 1. The molecule has 1 heterocycles. The molecule has 0 aromatic heterocycles. The van der Waals surface area contributed by atoms with Crippen LogP contribution in [-0.4, -0.2) is 73.2 Å². The molecule has 1 unspecified atom stereocenters. The van der Waals surface area contributed by atoms with Crippen LogP contribution in [-0.2, 0) is 21.2 Å². The Hall–Kier alpha value is -4.09. The predicted molar refractivity (Wildman–Crippen MR) is 141 cm³/mol.